The third-order valence-corrected chi connectivity index (χ3v) is 5.29. The molecule has 5 nitrogen and oxygen atoms in total. The average molecular weight is 323 g/mol. The first-order chi connectivity index (χ1) is 11.1. The number of hydrogen-bond donors (Lipinski definition) is 3. The summed E-state index contributed by atoms with van der Waals surface area (Å²) in [6, 6.07) is 0.353. The number of piperidine rings is 1. The quantitative estimate of drug-likeness (QED) is 0.671. The number of amides is 2. The number of nitrogens with one attached hydrogen (secondary N) is 3. The molecule has 0 aromatic carbocycles. The van der Waals surface area contributed by atoms with Gasteiger partial charge in [0.05, 0.1) is 0 Å². The summed E-state index contributed by atoms with van der Waals surface area (Å²) in [4.78, 5) is 23.9. The minimum absolute atomic E-state index is 0.0710. The smallest absolute Gasteiger partial charge is 0.221 e. The predicted molar refractivity (Wildman–Crippen MR) is 92.0 cm³/mol. The number of hydrogen-bond acceptors (Lipinski definition) is 3. The molecule has 1 saturated carbocycles. The minimum Gasteiger partial charge on any atom is -0.356 e. The molecule has 1 aliphatic carbocycles. The third kappa shape index (κ3) is 6.90. The highest BCUT2D eigenvalue weighted by molar-refractivity contribution is 5.79. The van der Waals surface area contributed by atoms with Crippen molar-refractivity contribution in [1.29, 1.82) is 0 Å². The molecule has 0 radical (unpaired) electrons. The van der Waals surface area contributed by atoms with E-state index in [4.69, 9.17) is 0 Å². The molecular formula is C18H33N3O2. The fourth-order valence-corrected chi connectivity index (χ4v) is 3.76. The van der Waals surface area contributed by atoms with Crippen LogP contribution in [-0.4, -0.2) is 37.5 Å². The van der Waals surface area contributed by atoms with Gasteiger partial charge in [0.25, 0.3) is 0 Å². The Hall–Kier alpha value is -1.10. The van der Waals surface area contributed by atoms with Gasteiger partial charge in [-0.1, -0.05) is 26.2 Å². The van der Waals surface area contributed by atoms with Gasteiger partial charge in [-0.3, -0.25) is 9.59 Å². The molecule has 0 bridgehead atoms. The zero-order chi connectivity index (χ0) is 16.5. The zero-order valence-electron chi connectivity index (χ0n) is 14.5. The normalized spacial score (nSPS) is 24.0. The molecule has 0 aromatic heterocycles. The van der Waals surface area contributed by atoms with Crippen LogP contribution in [0.1, 0.15) is 64.7 Å². The van der Waals surface area contributed by atoms with Gasteiger partial charge in [-0.2, -0.15) is 0 Å². The molecule has 132 valence electrons. The van der Waals surface area contributed by atoms with Gasteiger partial charge in [0.15, 0.2) is 0 Å². The Bertz CT molecular complexity index is 374. The van der Waals surface area contributed by atoms with E-state index in [-0.39, 0.29) is 11.8 Å². The van der Waals surface area contributed by atoms with Gasteiger partial charge in [-0.05, 0) is 50.6 Å². The van der Waals surface area contributed by atoms with E-state index in [2.05, 4.69) is 22.9 Å². The van der Waals surface area contributed by atoms with Crippen molar-refractivity contribution in [2.75, 3.05) is 19.6 Å². The van der Waals surface area contributed by atoms with E-state index in [1.165, 1.54) is 32.1 Å². The van der Waals surface area contributed by atoms with Crippen LogP contribution in [0.25, 0.3) is 0 Å². The van der Waals surface area contributed by atoms with Crippen LogP contribution < -0.4 is 16.0 Å². The molecule has 2 unspecified atom stereocenters. The Kier molecular flexibility index (Phi) is 7.86. The fourth-order valence-electron chi connectivity index (χ4n) is 3.76. The highest BCUT2D eigenvalue weighted by atomic mass is 16.2. The molecule has 1 saturated heterocycles. The SMILES string of the molecule is CC(CC(=O)NCCC(=O)NC1CCCCC1)C1CCCNC1. The van der Waals surface area contributed by atoms with Crippen LogP contribution in [0.15, 0.2) is 0 Å². The fraction of sp³-hybridized carbons (Fsp3) is 0.889. The molecule has 3 N–H and O–H groups in total. The molecule has 23 heavy (non-hydrogen) atoms. The maximum absolute atomic E-state index is 12.0. The first kappa shape index (κ1) is 18.2. The lowest BCUT2D eigenvalue weighted by Gasteiger charge is -2.28. The summed E-state index contributed by atoms with van der Waals surface area (Å²) in [6.45, 7) is 4.74. The van der Waals surface area contributed by atoms with Gasteiger partial charge in [-0.15, -0.1) is 0 Å². The summed E-state index contributed by atoms with van der Waals surface area (Å²) < 4.78 is 0. The predicted octanol–water partition coefficient (Wildman–Crippen LogP) is 1.97. The van der Waals surface area contributed by atoms with Crippen molar-refractivity contribution < 1.29 is 9.59 Å². The number of rotatable bonds is 7. The molecule has 2 atom stereocenters. The molecule has 1 aliphatic heterocycles. The van der Waals surface area contributed by atoms with Crippen molar-refractivity contribution in [1.82, 2.24) is 16.0 Å². The van der Waals surface area contributed by atoms with E-state index in [9.17, 15) is 9.59 Å². The summed E-state index contributed by atoms with van der Waals surface area (Å²) in [7, 11) is 0. The van der Waals surface area contributed by atoms with E-state index in [0.29, 0.717) is 37.3 Å². The van der Waals surface area contributed by atoms with Crippen molar-refractivity contribution in [3.63, 3.8) is 0 Å². The van der Waals surface area contributed by atoms with E-state index >= 15 is 0 Å². The lowest BCUT2D eigenvalue weighted by atomic mass is 9.85. The van der Waals surface area contributed by atoms with Crippen molar-refractivity contribution in [2.24, 2.45) is 11.8 Å². The molecular weight excluding hydrogens is 290 g/mol. The number of carbonyl (C=O) groups is 2. The highest BCUT2D eigenvalue weighted by Gasteiger charge is 2.22. The molecule has 2 rings (SSSR count). The van der Waals surface area contributed by atoms with Crippen LogP contribution in [0.5, 0.6) is 0 Å². The molecule has 2 amide bonds. The van der Waals surface area contributed by atoms with E-state index in [0.717, 1.165) is 25.9 Å². The van der Waals surface area contributed by atoms with Gasteiger partial charge in [0, 0.05) is 25.4 Å². The maximum Gasteiger partial charge on any atom is 0.221 e. The van der Waals surface area contributed by atoms with Crippen LogP contribution in [0.4, 0.5) is 0 Å². The lowest BCUT2D eigenvalue weighted by Crippen LogP contribution is -2.39. The first-order valence-electron chi connectivity index (χ1n) is 9.42. The van der Waals surface area contributed by atoms with Gasteiger partial charge >= 0.3 is 0 Å². The topological polar surface area (TPSA) is 70.2 Å². The average Bonchev–Trinajstić information content (AvgIpc) is 2.56. The molecule has 0 spiro atoms. The molecule has 0 aromatic rings. The van der Waals surface area contributed by atoms with Gasteiger partial charge in [0.1, 0.15) is 0 Å². The Morgan fingerprint density at radius 2 is 1.87 bits per heavy atom. The van der Waals surface area contributed by atoms with Gasteiger partial charge in [0.2, 0.25) is 11.8 Å². The Morgan fingerprint density at radius 1 is 1.09 bits per heavy atom. The van der Waals surface area contributed by atoms with Crippen LogP contribution in [-0.2, 0) is 9.59 Å². The minimum atomic E-state index is 0.0710. The monoisotopic (exact) mass is 323 g/mol. The van der Waals surface area contributed by atoms with E-state index in [1.54, 1.807) is 0 Å². The summed E-state index contributed by atoms with van der Waals surface area (Å²) in [5.41, 5.74) is 0. The second-order valence-corrected chi connectivity index (χ2v) is 7.29. The maximum atomic E-state index is 12.0. The Labute approximate surface area is 140 Å². The zero-order valence-corrected chi connectivity index (χ0v) is 14.5. The summed E-state index contributed by atoms with van der Waals surface area (Å²) in [5.74, 6) is 1.15. The molecule has 2 aliphatic rings. The standard InChI is InChI=1S/C18H33N3O2/c1-14(15-6-5-10-19-13-15)12-18(23)20-11-9-17(22)21-16-7-3-2-4-8-16/h14-16,19H,2-13H2,1H3,(H,20,23)(H,21,22). The van der Waals surface area contributed by atoms with Gasteiger partial charge in [-0.25, -0.2) is 0 Å². The third-order valence-electron chi connectivity index (χ3n) is 5.29. The van der Waals surface area contributed by atoms with E-state index < -0.39 is 0 Å². The van der Waals surface area contributed by atoms with Crippen molar-refractivity contribution in [2.45, 2.75) is 70.8 Å². The second-order valence-electron chi connectivity index (χ2n) is 7.29. The summed E-state index contributed by atoms with van der Waals surface area (Å²) in [5, 5.41) is 9.39. The first-order valence-corrected chi connectivity index (χ1v) is 9.42. The molecule has 1 heterocycles. The summed E-state index contributed by atoms with van der Waals surface area (Å²) >= 11 is 0. The second kappa shape index (κ2) is 9.91. The van der Waals surface area contributed by atoms with Crippen molar-refractivity contribution in [3.05, 3.63) is 0 Å². The Balaban J connectivity index is 1.55. The Morgan fingerprint density at radius 3 is 2.57 bits per heavy atom. The molecule has 5 heteroatoms. The summed E-state index contributed by atoms with van der Waals surface area (Å²) in [6.07, 6.45) is 9.31. The molecule has 2 fully saturated rings. The van der Waals surface area contributed by atoms with Crippen molar-refractivity contribution in [3.8, 4) is 0 Å². The lowest BCUT2D eigenvalue weighted by molar-refractivity contribution is -0.123. The highest BCUT2D eigenvalue weighted by Crippen LogP contribution is 2.22. The van der Waals surface area contributed by atoms with Gasteiger partial charge < -0.3 is 16.0 Å². The van der Waals surface area contributed by atoms with Crippen LogP contribution in [0.3, 0.4) is 0 Å². The van der Waals surface area contributed by atoms with Crippen LogP contribution >= 0.6 is 0 Å². The van der Waals surface area contributed by atoms with Crippen molar-refractivity contribution >= 4 is 11.8 Å². The van der Waals surface area contributed by atoms with Crippen LogP contribution in [0.2, 0.25) is 0 Å². The van der Waals surface area contributed by atoms with Crippen LogP contribution in [0, 0.1) is 11.8 Å². The number of carbonyl (C=O) groups excluding carboxylic acids is 2. The largest absolute Gasteiger partial charge is 0.356 e. The van der Waals surface area contributed by atoms with E-state index in [1.807, 2.05) is 0 Å².